The Morgan fingerprint density at radius 1 is 1.13 bits per heavy atom. The summed E-state index contributed by atoms with van der Waals surface area (Å²) >= 11 is 0. The maximum absolute atomic E-state index is 13.1. The third-order valence-electron chi connectivity index (χ3n) is 5.64. The fourth-order valence-corrected chi connectivity index (χ4v) is 3.70. The summed E-state index contributed by atoms with van der Waals surface area (Å²) in [6.07, 6.45) is 1.16. The topological polar surface area (TPSA) is 102 Å². The van der Waals surface area contributed by atoms with Crippen LogP contribution in [0.1, 0.15) is 47.0 Å². The van der Waals surface area contributed by atoms with Crippen molar-refractivity contribution in [2.24, 2.45) is 22.5 Å². The molecule has 0 aromatic rings. The number of nitrogens with two attached hydrogens (primary N) is 1. The number of rotatable bonds is 13. The van der Waals surface area contributed by atoms with Crippen LogP contribution >= 0.6 is 0 Å². The van der Waals surface area contributed by atoms with Crippen molar-refractivity contribution in [3.05, 3.63) is 0 Å². The summed E-state index contributed by atoms with van der Waals surface area (Å²) in [6.45, 7) is 9.12. The minimum absolute atomic E-state index is 0.0570. The second-order valence-electron chi connectivity index (χ2n) is 10.2. The standard InChI is InChI=1S/C22H44N4O4/c1-10-21(3,19(28)24-12-13-26(7,8)9)16-22(4,20(29)30-14-11-23)15-17(2)18(27)25(5)6/h17H,10-16,23H2,1-9H3/p+1. The molecule has 0 fully saturated rings. The van der Waals surface area contributed by atoms with Crippen LogP contribution in [0.25, 0.3) is 0 Å². The van der Waals surface area contributed by atoms with Gasteiger partial charge in [0.2, 0.25) is 11.8 Å². The molecule has 0 saturated carbocycles. The number of hydrogen-bond donors (Lipinski definition) is 2. The predicted octanol–water partition coefficient (Wildman–Crippen LogP) is 1.24. The molecule has 0 rings (SSSR count). The Balaban J connectivity index is 5.61. The monoisotopic (exact) mass is 429 g/mol. The lowest BCUT2D eigenvalue weighted by Crippen LogP contribution is -2.48. The van der Waals surface area contributed by atoms with Gasteiger partial charge in [-0.1, -0.05) is 20.8 Å². The molecule has 0 aliphatic carbocycles. The molecule has 0 radical (unpaired) electrons. The quantitative estimate of drug-likeness (QED) is 0.339. The number of carbonyl (C=O) groups is 3. The van der Waals surface area contributed by atoms with Crippen LogP contribution in [0.3, 0.4) is 0 Å². The summed E-state index contributed by atoms with van der Waals surface area (Å²) in [5.74, 6) is -0.927. The molecule has 8 nitrogen and oxygen atoms in total. The van der Waals surface area contributed by atoms with Gasteiger partial charge in [-0.2, -0.15) is 0 Å². The zero-order chi connectivity index (χ0) is 23.8. The van der Waals surface area contributed by atoms with Gasteiger partial charge in [-0.25, -0.2) is 0 Å². The highest BCUT2D eigenvalue weighted by atomic mass is 16.5. The van der Waals surface area contributed by atoms with E-state index in [1.807, 2.05) is 13.8 Å². The van der Waals surface area contributed by atoms with E-state index in [9.17, 15) is 14.4 Å². The molecule has 0 aromatic carbocycles. The second kappa shape index (κ2) is 11.6. The number of ether oxygens (including phenoxy) is 1. The lowest BCUT2D eigenvalue weighted by atomic mass is 9.67. The zero-order valence-corrected chi connectivity index (χ0v) is 20.6. The van der Waals surface area contributed by atoms with E-state index in [2.05, 4.69) is 26.5 Å². The van der Waals surface area contributed by atoms with Gasteiger partial charge < -0.3 is 25.2 Å². The van der Waals surface area contributed by atoms with E-state index in [4.69, 9.17) is 10.5 Å². The van der Waals surface area contributed by atoms with Crippen molar-refractivity contribution in [2.75, 3.05) is 61.5 Å². The molecule has 0 heterocycles. The number of quaternary nitrogens is 1. The van der Waals surface area contributed by atoms with Crippen LogP contribution in [0, 0.1) is 16.7 Å². The minimum atomic E-state index is -0.984. The molecule has 30 heavy (non-hydrogen) atoms. The number of esters is 1. The summed E-state index contributed by atoms with van der Waals surface area (Å²) in [5.41, 5.74) is 3.75. The first kappa shape index (κ1) is 28.3. The molecule has 3 N–H and O–H groups in total. The normalized spacial score (nSPS) is 16.7. The lowest BCUT2D eigenvalue weighted by Gasteiger charge is -2.38. The van der Waals surface area contributed by atoms with E-state index >= 15 is 0 Å². The maximum atomic E-state index is 13.1. The second-order valence-corrected chi connectivity index (χ2v) is 10.2. The van der Waals surface area contributed by atoms with Crippen LogP contribution < -0.4 is 11.1 Å². The molecular formula is C22H45N4O4+. The highest BCUT2D eigenvalue weighted by Crippen LogP contribution is 2.42. The van der Waals surface area contributed by atoms with Crippen molar-refractivity contribution < 1.29 is 23.6 Å². The van der Waals surface area contributed by atoms with Gasteiger partial charge in [0, 0.05) is 32.0 Å². The van der Waals surface area contributed by atoms with Crippen molar-refractivity contribution in [3.63, 3.8) is 0 Å². The van der Waals surface area contributed by atoms with Crippen LogP contribution in [-0.2, 0) is 19.1 Å². The SMILES string of the molecule is CCC(C)(CC(C)(CC(C)C(=O)N(C)C)C(=O)OCCN)C(=O)NCC[N+](C)(C)C. The fourth-order valence-electron chi connectivity index (χ4n) is 3.70. The van der Waals surface area contributed by atoms with Crippen molar-refractivity contribution in [1.29, 1.82) is 0 Å². The molecule has 176 valence electrons. The molecule has 0 aliphatic heterocycles. The summed E-state index contributed by atoms with van der Waals surface area (Å²) in [7, 11) is 9.59. The first-order valence-electron chi connectivity index (χ1n) is 10.8. The lowest BCUT2D eigenvalue weighted by molar-refractivity contribution is -0.869. The summed E-state index contributed by atoms with van der Waals surface area (Å²) in [4.78, 5) is 40.0. The number of likely N-dealkylation sites (N-methyl/N-ethyl adjacent to an activating group) is 1. The molecule has 0 aromatic heterocycles. The van der Waals surface area contributed by atoms with Crippen molar-refractivity contribution in [3.8, 4) is 0 Å². The average Bonchev–Trinajstić information content (AvgIpc) is 2.63. The van der Waals surface area contributed by atoms with E-state index in [0.717, 1.165) is 11.0 Å². The Morgan fingerprint density at radius 3 is 2.13 bits per heavy atom. The van der Waals surface area contributed by atoms with Crippen molar-refractivity contribution in [1.82, 2.24) is 10.2 Å². The third-order valence-corrected chi connectivity index (χ3v) is 5.64. The minimum Gasteiger partial charge on any atom is -0.464 e. The number of nitrogens with zero attached hydrogens (tertiary/aromatic N) is 2. The van der Waals surface area contributed by atoms with Gasteiger partial charge in [0.05, 0.1) is 39.6 Å². The highest BCUT2D eigenvalue weighted by molar-refractivity contribution is 5.85. The summed E-state index contributed by atoms with van der Waals surface area (Å²) < 4.78 is 6.12. The van der Waals surface area contributed by atoms with Gasteiger partial charge in [0.15, 0.2) is 0 Å². The number of hydrogen-bond acceptors (Lipinski definition) is 5. The zero-order valence-electron chi connectivity index (χ0n) is 20.6. The van der Waals surface area contributed by atoms with Gasteiger partial charge in [-0.15, -0.1) is 0 Å². The molecule has 3 unspecified atom stereocenters. The molecule has 0 bridgehead atoms. The van der Waals surface area contributed by atoms with E-state index < -0.39 is 16.8 Å². The predicted molar refractivity (Wildman–Crippen MR) is 120 cm³/mol. The molecule has 8 heteroatoms. The number of amides is 2. The Morgan fingerprint density at radius 2 is 1.70 bits per heavy atom. The average molecular weight is 430 g/mol. The van der Waals surface area contributed by atoms with E-state index in [1.54, 1.807) is 27.9 Å². The number of carbonyl (C=O) groups excluding carboxylic acids is 3. The van der Waals surface area contributed by atoms with Gasteiger partial charge >= 0.3 is 5.97 Å². The fraction of sp³-hybridized carbons (Fsp3) is 0.864. The molecule has 0 saturated heterocycles. The maximum Gasteiger partial charge on any atom is 0.311 e. The van der Waals surface area contributed by atoms with Crippen LogP contribution in [0.5, 0.6) is 0 Å². The molecule has 2 amide bonds. The first-order chi connectivity index (χ1) is 13.6. The summed E-state index contributed by atoms with van der Waals surface area (Å²) in [6, 6.07) is 0. The van der Waals surface area contributed by atoms with Crippen molar-refractivity contribution in [2.45, 2.75) is 47.0 Å². The van der Waals surface area contributed by atoms with Crippen LogP contribution in [-0.4, -0.2) is 88.6 Å². The third kappa shape index (κ3) is 9.00. The number of nitrogens with one attached hydrogen (secondary N) is 1. The molecule has 0 aliphatic rings. The van der Waals surface area contributed by atoms with E-state index in [0.29, 0.717) is 25.8 Å². The van der Waals surface area contributed by atoms with E-state index in [1.165, 1.54) is 4.90 Å². The van der Waals surface area contributed by atoms with Crippen molar-refractivity contribution >= 4 is 17.8 Å². The Kier molecular flexibility index (Phi) is 11.0. The smallest absolute Gasteiger partial charge is 0.311 e. The Hall–Kier alpha value is -1.67. The van der Waals surface area contributed by atoms with Crippen LogP contribution in [0.2, 0.25) is 0 Å². The van der Waals surface area contributed by atoms with E-state index in [-0.39, 0.29) is 30.9 Å². The first-order valence-corrected chi connectivity index (χ1v) is 10.8. The molecule has 3 atom stereocenters. The summed E-state index contributed by atoms with van der Waals surface area (Å²) in [5, 5.41) is 3.03. The highest BCUT2D eigenvalue weighted by Gasteiger charge is 2.46. The van der Waals surface area contributed by atoms with Gasteiger partial charge in [0.25, 0.3) is 0 Å². The largest absolute Gasteiger partial charge is 0.464 e. The Bertz CT molecular complexity index is 588. The molecular weight excluding hydrogens is 384 g/mol. The van der Waals surface area contributed by atoms with Crippen LogP contribution in [0.15, 0.2) is 0 Å². The Labute approximate surface area is 183 Å². The molecule has 0 spiro atoms. The van der Waals surface area contributed by atoms with Gasteiger partial charge in [0.1, 0.15) is 6.61 Å². The van der Waals surface area contributed by atoms with Gasteiger partial charge in [-0.3, -0.25) is 14.4 Å². The van der Waals surface area contributed by atoms with Crippen LogP contribution in [0.4, 0.5) is 0 Å². The van der Waals surface area contributed by atoms with Gasteiger partial charge in [-0.05, 0) is 26.2 Å².